The smallest absolute Gasteiger partial charge is 0.252 e. The Morgan fingerprint density at radius 1 is 1.03 bits per heavy atom. The largest absolute Gasteiger partial charge is 0.378 e. The van der Waals surface area contributed by atoms with Crippen LogP contribution in [0, 0.1) is 6.92 Å². The number of morpholine rings is 1. The molecule has 0 radical (unpaired) electrons. The van der Waals surface area contributed by atoms with Crippen LogP contribution in [-0.2, 0) is 11.3 Å². The van der Waals surface area contributed by atoms with E-state index in [0.29, 0.717) is 25.3 Å². The molecule has 1 saturated heterocycles. The third-order valence-electron chi connectivity index (χ3n) is 5.91. The Morgan fingerprint density at radius 2 is 1.82 bits per heavy atom. The number of hydrogen-bond donors (Lipinski definition) is 1. The second kappa shape index (κ2) is 9.38. The highest BCUT2D eigenvalue weighted by molar-refractivity contribution is 6.07. The van der Waals surface area contributed by atoms with Crippen LogP contribution in [0.5, 0.6) is 0 Å². The lowest BCUT2D eigenvalue weighted by Crippen LogP contribution is -2.36. The van der Waals surface area contributed by atoms with Crippen molar-refractivity contribution in [3.05, 3.63) is 89.6 Å². The number of amides is 1. The molecular formula is C27H26N4O2. The van der Waals surface area contributed by atoms with Gasteiger partial charge in [-0.1, -0.05) is 48.0 Å². The zero-order valence-corrected chi connectivity index (χ0v) is 18.6. The van der Waals surface area contributed by atoms with Gasteiger partial charge in [-0.25, -0.2) is 9.97 Å². The standard InChI is InChI=1S/C27H26N4O2/c1-19-6-8-21(9-7-19)25-17-23(22-4-2-3-5-24(22)30-25)27(32)29-18-20-10-11-28-26(16-20)31-12-14-33-15-13-31/h2-11,16-17H,12-15,18H2,1H3,(H,29,32). The van der Waals surface area contributed by atoms with Crippen LogP contribution in [0.3, 0.4) is 0 Å². The second-order valence-corrected chi connectivity index (χ2v) is 8.24. The number of anilines is 1. The SMILES string of the molecule is Cc1ccc(-c2cc(C(=O)NCc3ccnc(N4CCOCC4)c3)c3ccccc3n2)cc1. The molecule has 0 bridgehead atoms. The molecule has 1 N–H and O–H groups in total. The van der Waals surface area contributed by atoms with Gasteiger partial charge in [0.05, 0.1) is 30.0 Å². The van der Waals surface area contributed by atoms with Crippen LogP contribution in [0.1, 0.15) is 21.5 Å². The minimum atomic E-state index is -0.119. The molecule has 0 spiro atoms. The van der Waals surface area contributed by atoms with Gasteiger partial charge < -0.3 is 15.0 Å². The molecule has 1 amide bonds. The van der Waals surface area contributed by atoms with Crippen molar-refractivity contribution in [3.63, 3.8) is 0 Å². The third-order valence-corrected chi connectivity index (χ3v) is 5.91. The third kappa shape index (κ3) is 4.71. The van der Waals surface area contributed by atoms with E-state index in [9.17, 15) is 4.79 Å². The first-order chi connectivity index (χ1) is 16.2. The van der Waals surface area contributed by atoms with E-state index < -0.39 is 0 Å². The number of hydrogen-bond acceptors (Lipinski definition) is 5. The monoisotopic (exact) mass is 438 g/mol. The number of nitrogens with zero attached hydrogens (tertiary/aromatic N) is 3. The van der Waals surface area contributed by atoms with Gasteiger partial charge in [-0.15, -0.1) is 0 Å². The van der Waals surface area contributed by atoms with Crippen molar-refractivity contribution in [1.82, 2.24) is 15.3 Å². The number of rotatable bonds is 5. The summed E-state index contributed by atoms with van der Waals surface area (Å²) >= 11 is 0. The number of pyridine rings is 2. The molecule has 6 nitrogen and oxygen atoms in total. The van der Waals surface area contributed by atoms with E-state index >= 15 is 0 Å². The van der Waals surface area contributed by atoms with Crippen molar-refractivity contribution in [2.75, 3.05) is 31.2 Å². The van der Waals surface area contributed by atoms with Gasteiger partial charge >= 0.3 is 0 Å². The number of carbonyl (C=O) groups is 1. The van der Waals surface area contributed by atoms with Crippen LogP contribution in [0.25, 0.3) is 22.2 Å². The zero-order valence-electron chi connectivity index (χ0n) is 18.6. The molecule has 1 aliphatic heterocycles. The fraction of sp³-hybridized carbons (Fsp3) is 0.222. The van der Waals surface area contributed by atoms with E-state index in [0.717, 1.165) is 46.6 Å². The van der Waals surface area contributed by atoms with Gasteiger partial charge in [-0.2, -0.15) is 0 Å². The molecule has 3 heterocycles. The minimum Gasteiger partial charge on any atom is -0.378 e. The fourth-order valence-corrected chi connectivity index (χ4v) is 4.05. The Hall–Kier alpha value is -3.77. The second-order valence-electron chi connectivity index (χ2n) is 8.24. The molecule has 6 heteroatoms. The molecule has 1 aliphatic rings. The highest BCUT2D eigenvalue weighted by Crippen LogP contribution is 2.25. The van der Waals surface area contributed by atoms with Crippen LogP contribution in [-0.4, -0.2) is 42.2 Å². The molecule has 33 heavy (non-hydrogen) atoms. The lowest BCUT2D eigenvalue weighted by molar-refractivity contribution is 0.0952. The highest BCUT2D eigenvalue weighted by atomic mass is 16.5. The first-order valence-electron chi connectivity index (χ1n) is 11.2. The molecule has 2 aromatic heterocycles. The van der Waals surface area contributed by atoms with Crippen LogP contribution < -0.4 is 10.2 Å². The molecular weight excluding hydrogens is 412 g/mol. The summed E-state index contributed by atoms with van der Waals surface area (Å²) in [7, 11) is 0. The van der Waals surface area contributed by atoms with Crippen LogP contribution in [0.2, 0.25) is 0 Å². The summed E-state index contributed by atoms with van der Waals surface area (Å²) in [5.41, 5.74) is 5.41. The summed E-state index contributed by atoms with van der Waals surface area (Å²) in [5, 5.41) is 3.93. The highest BCUT2D eigenvalue weighted by Gasteiger charge is 2.15. The molecule has 166 valence electrons. The lowest BCUT2D eigenvalue weighted by atomic mass is 10.0. The minimum absolute atomic E-state index is 0.119. The molecule has 2 aromatic carbocycles. The maximum Gasteiger partial charge on any atom is 0.252 e. The molecule has 0 saturated carbocycles. The van der Waals surface area contributed by atoms with Gasteiger partial charge in [-0.3, -0.25) is 4.79 Å². The summed E-state index contributed by atoms with van der Waals surface area (Å²) in [5.74, 6) is 0.799. The summed E-state index contributed by atoms with van der Waals surface area (Å²) < 4.78 is 5.43. The normalized spacial score (nSPS) is 13.8. The topological polar surface area (TPSA) is 67.4 Å². The Morgan fingerprint density at radius 3 is 2.64 bits per heavy atom. The van der Waals surface area contributed by atoms with Crippen LogP contribution in [0.15, 0.2) is 72.9 Å². The lowest BCUT2D eigenvalue weighted by Gasteiger charge is -2.28. The Balaban J connectivity index is 1.40. The van der Waals surface area contributed by atoms with Gasteiger partial charge in [-0.05, 0) is 36.8 Å². The van der Waals surface area contributed by atoms with Gasteiger partial charge in [0.1, 0.15) is 5.82 Å². The molecule has 0 atom stereocenters. The molecule has 5 rings (SSSR count). The van der Waals surface area contributed by atoms with E-state index in [1.165, 1.54) is 5.56 Å². The average molecular weight is 439 g/mol. The summed E-state index contributed by atoms with van der Waals surface area (Å²) in [6.45, 7) is 5.55. The van der Waals surface area contributed by atoms with E-state index in [4.69, 9.17) is 9.72 Å². The first-order valence-corrected chi connectivity index (χ1v) is 11.2. The molecule has 4 aromatic rings. The molecule has 0 aliphatic carbocycles. The summed E-state index contributed by atoms with van der Waals surface area (Å²) in [6, 6.07) is 21.8. The van der Waals surface area contributed by atoms with E-state index in [1.54, 1.807) is 6.20 Å². The predicted octanol–water partition coefficient (Wildman–Crippen LogP) is 4.37. The summed E-state index contributed by atoms with van der Waals surface area (Å²) in [4.78, 5) is 24.8. The molecule has 0 unspecified atom stereocenters. The van der Waals surface area contributed by atoms with Crippen LogP contribution >= 0.6 is 0 Å². The van der Waals surface area contributed by atoms with Crippen molar-refractivity contribution in [1.29, 1.82) is 0 Å². The number of fused-ring (bicyclic) bond motifs is 1. The fourth-order valence-electron chi connectivity index (χ4n) is 4.05. The maximum atomic E-state index is 13.3. The van der Waals surface area contributed by atoms with Gasteiger partial charge in [0.15, 0.2) is 0 Å². The van der Waals surface area contributed by atoms with Gasteiger partial charge in [0.2, 0.25) is 0 Å². The first kappa shape index (κ1) is 21.1. The number of aromatic nitrogens is 2. The van der Waals surface area contributed by atoms with Crippen molar-refractivity contribution in [3.8, 4) is 11.3 Å². The Labute approximate surface area is 193 Å². The Bertz CT molecular complexity index is 1280. The molecule has 1 fully saturated rings. The van der Waals surface area contributed by atoms with Crippen molar-refractivity contribution in [2.45, 2.75) is 13.5 Å². The Kier molecular flexibility index (Phi) is 6.00. The van der Waals surface area contributed by atoms with Crippen molar-refractivity contribution in [2.24, 2.45) is 0 Å². The van der Waals surface area contributed by atoms with Gasteiger partial charge in [0, 0.05) is 36.8 Å². The zero-order chi connectivity index (χ0) is 22.6. The van der Waals surface area contributed by atoms with Crippen LogP contribution in [0.4, 0.5) is 5.82 Å². The quantitative estimate of drug-likeness (QED) is 0.501. The van der Waals surface area contributed by atoms with Crippen molar-refractivity contribution >= 4 is 22.6 Å². The van der Waals surface area contributed by atoms with E-state index in [-0.39, 0.29) is 5.91 Å². The number of para-hydroxylation sites is 1. The predicted molar refractivity (Wildman–Crippen MR) is 130 cm³/mol. The maximum absolute atomic E-state index is 13.3. The number of ether oxygens (including phenoxy) is 1. The van der Waals surface area contributed by atoms with E-state index in [1.807, 2.05) is 54.6 Å². The van der Waals surface area contributed by atoms with Gasteiger partial charge in [0.25, 0.3) is 5.91 Å². The summed E-state index contributed by atoms with van der Waals surface area (Å²) in [6.07, 6.45) is 1.80. The number of nitrogens with one attached hydrogen (secondary N) is 1. The average Bonchev–Trinajstić information content (AvgIpc) is 2.88. The van der Waals surface area contributed by atoms with E-state index in [2.05, 4.69) is 34.3 Å². The number of aryl methyl sites for hydroxylation is 1. The number of carbonyl (C=O) groups excluding carboxylic acids is 1. The number of benzene rings is 2. The van der Waals surface area contributed by atoms with Crippen molar-refractivity contribution < 1.29 is 9.53 Å².